The van der Waals surface area contributed by atoms with Crippen LogP contribution in [-0.4, -0.2) is 33.4 Å². The molecule has 0 saturated carbocycles. The zero-order valence-electron chi connectivity index (χ0n) is 8.53. The zero-order valence-corrected chi connectivity index (χ0v) is 8.53. The fourth-order valence-corrected chi connectivity index (χ4v) is 1.86. The van der Waals surface area contributed by atoms with Crippen LogP contribution in [0.4, 0.5) is 0 Å². The second-order valence-corrected chi connectivity index (χ2v) is 3.79. The van der Waals surface area contributed by atoms with Gasteiger partial charge in [0.05, 0.1) is 12.5 Å². The van der Waals surface area contributed by atoms with Gasteiger partial charge in [0.15, 0.2) is 0 Å². The van der Waals surface area contributed by atoms with Gasteiger partial charge < -0.3 is 9.47 Å². The summed E-state index contributed by atoms with van der Waals surface area (Å²) in [7, 11) is 1.93. The normalized spacial score (nSPS) is 17.1. The lowest BCUT2D eigenvalue weighted by Gasteiger charge is -2.28. The molecule has 1 N–H and O–H groups in total. The maximum absolute atomic E-state index is 8.05. The van der Waals surface area contributed by atoms with E-state index in [1.165, 1.54) is 19.3 Å². The van der Waals surface area contributed by atoms with E-state index in [0.29, 0.717) is 5.84 Å². The number of amidine groups is 1. The molecule has 0 aliphatic carbocycles. The first-order chi connectivity index (χ1) is 6.79. The van der Waals surface area contributed by atoms with E-state index >= 15 is 0 Å². The van der Waals surface area contributed by atoms with Crippen LogP contribution < -0.4 is 0 Å². The SMILES string of the molecule is Cn1cncc1C(=N)N1CCCCC1. The smallest absolute Gasteiger partial charge is 0.146 e. The average molecular weight is 192 g/mol. The van der Waals surface area contributed by atoms with Gasteiger partial charge >= 0.3 is 0 Å². The van der Waals surface area contributed by atoms with E-state index in [9.17, 15) is 0 Å². The van der Waals surface area contributed by atoms with Crippen LogP contribution in [0.1, 0.15) is 25.0 Å². The van der Waals surface area contributed by atoms with Gasteiger partial charge in [0.1, 0.15) is 11.5 Å². The highest BCUT2D eigenvalue weighted by Gasteiger charge is 2.16. The zero-order chi connectivity index (χ0) is 9.97. The van der Waals surface area contributed by atoms with Crippen LogP contribution in [0, 0.1) is 5.41 Å². The highest BCUT2D eigenvalue weighted by molar-refractivity contribution is 5.94. The van der Waals surface area contributed by atoms with Gasteiger partial charge in [-0.3, -0.25) is 5.41 Å². The summed E-state index contributed by atoms with van der Waals surface area (Å²) in [6.45, 7) is 2.04. The van der Waals surface area contributed by atoms with Crippen molar-refractivity contribution in [3.05, 3.63) is 18.2 Å². The minimum Gasteiger partial charge on any atom is -0.355 e. The van der Waals surface area contributed by atoms with Crippen LogP contribution >= 0.6 is 0 Å². The Morgan fingerprint density at radius 1 is 1.36 bits per heavy atom. The van der Waals surface area contributed by atoms with Gasteiger partial charge in [-0.15, -0.1) is 0 Å². The minimum atomic E-state index is 0.615. The molecule has 0 radical (unpaired) electrons. The summed E-state index contributed by atoms with van der Waals surface area (Å²) in [5.41, 5.74) is 0.909. The van der Waals surface area contributed by atoms with Crippen molar-refractivity contribution >= 4 is 5.84 Å². The lowest BCUT2D eigenvalue weighted by Crippen LogP contribution is -2.36. The lowest BCUT2D eigenvalue weighted by atomic mass is 10.1. The summed E-state index contributed by atoms with van der Waals surface area (Å²) >= 11 is 0. The van der Waals surface area contributed by atoms with E-state index < -0.39 is 0 Å². The molecule has 0 spiro atoms. The van der Waals surface area contributed by atoms with Gasteiger partial charge in [0.25, 0.3) is 0 Å². The first-order valence-corrected chi connectivity index (χ1v) is 5.09. The molecule has 0 amide bonds. The fourth-order valence-electron chi connectivity index (χ4n) is 1.86. The van der Waals surface area contributed by atoms with Gasteiger partial charge in [-0.05, 0) is 19.3 Å². The molecular formula is C10H16N4. The molecule has 1 fully saturated rings. The average Bonchev–Trinajstić information content (AvgIpc) is 2.65. The second kappa shape index (κ2) is 3.82. The van der Waals surface area contributed by atoms with Crippen molar-refractivity contribution in [2.24, 2.45) is 7.05 Å². The Balaban J connectivity index is 2.11. The molecule has 2 rings (SSSR count). The van der Waals surface area contributed by atoms with Crippen LogP contribution in [0.2, 0.25) is 0 Å². The molecule has 1 aliphatic heterocycles. The third-order valence-electron chi connectivity index (χ3n) is 2.73. The Morgan fingerprint density at radius 3 is 2.64 bits per heavy atom. The van der Waals surface area contributed by atoms with Crippen molar-refractivity contribution in [1.29, 1.82) is 5.41 Å². The lowest BCUT2D eigenvalue weighted by molar-refractivity contribution is 0.340. The predicted molar refractivity (Wildman–Crippen MR) is 55.5 cm³/mol. The molecule has 1 aliphatic rings. The summed E-state index contributed by atoms with van der Waals surface area (Å²) in [5, 5.41) is 8.05. The number of aryl methyl sites for hydroxylation is 1. The van der Waals surface area contributed by atoms with Crippen molar-refractivity contribution in [2.75, 3.05) is 13.1 Å². The monoisotopic (exact) mass is 192 g/mol. The first kappa shape index (κ1) is 9.24. The Bertz CT molecular complexity index is 323. The van der Waals surface area contributed by atoms with E-state index in [4.69, 9.17) is 5.41 Å². The molecule has 4 heteroatoms. The van der Waals surface area contributed by atoms with E-state index in [1.807, 2.05) is 11.6 Å². The van der Waals surface area contributed by atoms with Gasteiger partial charge in [0, 0.05) is 20.1 Å². The Morgan fingerprint density at radius 2 is 2.07 bits per heavy atom. The summed E-state index contributed by atoms with van der Waals surface area (Å²) < 4.78 is 1.90. The molecule has 76 valence electrons. The molecule has 14 heavy (non-hydrogen) atoms. The number of rotatable bonds is 1. The van der Waals surface area contributed by atoms with Crippen molar-refractivity contribution < 1.29 is 0 Å². The highest BCUT2D eigenvalue weighted by Crippen LogP contribution is 2.12. The number of nitrogens with one attached hydrogen (secondary N) is 1. The Labute approximate surface area is 84.1 Å². The maximum atomic E-state index is 8.05. The predicted octanol–water partition coefficient (Wildman–Crippen LogP) is 1.23. The van der Waals surface area contributed by atoms with Gasteiger partial charge in [-0.2, -0.15) is 0 Å². The third kappa shape index (κ3) is 1.64. The second-order valence-electron chi connectivity index (χ2n) is 3.79. The van der Waals surface area contributed by atoms with Crippen LogP contribution in [0.15, 0.2) is 12.5 Å². The summed E-state index contributed by atoms with van der Waals surface area (Å²) in [5.74, 6) is 0.615. The first-order valence-electron chi connectivity index (χ1n) is 5.09. The number of nitrogens with zero attached hydrogens (tertiary/aromatic N) is 3. The van der Waals surface area contributed by atoms with Crippen LogP contribution in [0.3, 0.4) is 0 Å². The van der Waals surface area contributed by atoms with Crippen molar-refractivity contribution in [2.45, 2.75) is 19.3 Å². The third-order valence-corrected chi connectivity index (χ3v) is 2.73. The van der Waals surface area contributed by atoms with Crippen LogP contribution in [0.5, 0.6) is 0 Å². The molecule has 1 saturated heterocycles. The molecular weight excluding hydrogens is 176 g/mol. The highest BCUT2D eigenvalue weighted by atomic mass is 15.2. The quantitative estimate of drug-likeness (QED) is 0.537. The molecule has 0 unspecified atom stereocenters. The standard InChI is InChI=1S/C10H16N4/c1-13-8-12-7-9(13)10(11)14-5-3-2-4-6-14/h7-8,11H,2-6H2,1H3. The molecule has 0 aromatic carbocycles. The number of piperidine rings is 1. The van der Waals surface area contributed by atoms with E-state index in [-0.39, 0.29) is 0 Å². The summed E-state index contributed by atoms with van der Waals surface area (Å²) in [6, 6.07) is 0. The molecule has 1 aromatic heterocycles. The molecule has 0 atom stereocenters. The number of hydrogen-bond donors (Lipinski definition) is 1. The topological polar surface area (TPSA) is 44.9 Å². The van der Waals surface area contributed by atoms with Crippen molar-refractivity contribution in [1.82, 2.24) is 14.5 Å². The van der Waals surface area contributed by atoms with E-state index in [0.717, 1.165) is 18.8 Å². The molecule has 4 nitrogen and oxygen atoms in total. The number of hydrogen-bond acceptors (Lipinski definition) is 2. The van der Waals surface area contributed by atoms with Gasteiger partial charge in [0.2, 0.25) is 0 Å². The summed E-state index contributed by atoms with van der Waals surface area (Å²) in [6.07, 6.45) is 7.22. The Kier molecular flexibility index (Phi) is 2.52. The van der Waals surface area contributed by atoms with Gasteiger partial charge in [-0.25, -0.2) is 4.98 Å². The molecule has 1 aromatic rings. The van der Waals surface area contributed by atoms with Crippen molar-refractivity contribution in [3.63, 3.8) is 0 Å². The molecule has 0 bridgehead atoms. The van der Waals surface area contributed by atoms with E-state index in [1.54, 1.807) is 12.5 Å². The minimum absolute atomic E-state index is 0.615. The van der Waals surface area contributed by atoms with Crippen LogP contribution in [0.25, 0.3) is 0 Å². The number of aromatic nitrogens is 2. The van der Waals surface area contributed by atoms with Crippen LogP contribution in [-0.2, 0) is 7.05 Å². The fraction of sp³-hybridized carbons (Fsp3) is 0.600. The maximum Gasteiger partial charge on any atom is 0.146 e. The number of likely N-dealkylation sites (tertiary alicyclic amines) is 1. The van der Waals surface area contributed by atoms with E-state index in [2.05, 4.69) is 9.88 Å². The summed E-state index contributed by atoms with van der Waals surface area (Å²) in [4.78, 5) is 6.17. The van der Waals surface area contributed by atoms with Crippen molar-refractivity contribution in [3.8, 4) is 0 Å². The molecule has 2 heterocycles. The van der Waals surface area contributed by atoms with Gasteiger partial charge in [-0.1, -0.05) is 0 Å². The Hall–Kier alpha value is -1.32. The largest absolute Gasteiger partial charge is 0.355 e. The number of imidazole rings is 1.